The Morgan fingerprint density at radius 2 is 2.14 bits per heavy atom. The molecular weight excluding hydrogens is 178 g/mol. The molecule has 14 heavy (non-hydrogen) atoms. The number of aliphatic hydroxyl groups excluding tert-OH is 1. The first-order valence-electron chi connectivity index (χ1n) is 5.30. The van der Waals surface area contributed by atoms with Crippen molar-refractivity contribution < 1.29 is 9.90 Å². The monoisotopic (exact) mass is 199 g/mol. The first kappa shape index (κ1) is 11.7. The summed E-state index contributed by atoms with van der Waals surface area (Å²) in [7, 11) is 0. The minimum atomic E-state index is -0.239. The molecule has 1 N–H and O–H groups in total. The molecule has 3 nitrogen and oxygen atoms in total. The third-order valence-electron chi connectivity index (χ3n) is 2.83. The van der Waals surface area contributed by atoms with Gasteiger partial charge in [0.15, 0.2) is 5.78 Å². The molecule has 1 rings (SSSR count). The molecular formula is C11H21NO2. The smallest absolute Gasteiger partial charge is 0.152 e. The lowest BCUT2D eigenvalue weighted by atomic mass is 9.90. The van der Waals surface area contributed by atoms with Crippen molar-refractivity contribution in [3.05, 3.63) is 0 Å². The molecule has 0 aromatic rings. The third kappa shape index (κ3) is 3.07. The van der Waals surface area contributed by atoms with E-state index in [9.17, 15) is 4.79 Å². The minimum Gasteiger partial charge on any atom is -0.396 e. The Hall–Kier alpha value is -0.410. The number of nitrogens with zero attached hydrogens (tertiary/aromatic N) is 1. The highest BCUT2D eigenvalue weighted by Crippen LogP contribution is 2.19. The average molecular weight is 199 g/mol. The first-order valence-corrected chi connectivity index (χ1v) is 5.30. The Labute approximate surface area is 86.1 Å². The second-order valence-electron chi connectivity index (χ2n) is 5.25. The molecule has 1 aliphatic rings. The predicted octanol–water partition coefficient (Wildman–Crippen LogP) is 0.916. The lowest BCUT2D eigenvalue weighted by Gasteiger charge is -2.21. The van der Waals surface area contributed by atoms with Crippen molar-refractivity contribution >= 4 is 5.78 Å². The van der Waals surface area contributed by atoms with Crippen LogP contribution in [0.5, 0.6) is 0 Å². The Balaban J connectivity index is 2.36. The number of carbonyl (C=O) groups is 1. The molecule has 0 saturated carbocycles. The zero-order valence-electron chi connectivity index (χ0n) is 9.42. The molecule has 1 atom stereocenters. The van der Waals surface area contributed by atoms with E-state index in [1.807, 2.05) is 20.8 Å². The highest BCUT2D eigenvalue weighted by molar-refractivity contribution is 5.85. The van der Waals surface area contributed by atoms with Crippen molar-refractivity contribution in [3.8, 4) is 0 Å². The van der Waals surface area contributed by atoms with Gasteiger partial charge < -0.3 is 5.11 Å². The highest BCUT2D eigenvalue weighted by Gasteiger charge is 2.27. The summed E-state index contributed by atoms with van der Waals surface area (Å²) in [5.74, 6) is 0.666. The second-order valence-corrected chi connectivity index (χ2v) is 5.25. The van der Waals surface area contributed by atoms with Crippen molar-refractivity contribution in [2.45, 2.75) is 27.2 Å². The molecule has 1 fully saturated rings. The average Bonchev–Trinajstić information content (AvgIpc) is 2.50. The molecule has 0 aromatic carbocycles. The van der Waals surface area contributed by atoms with Crippen LogP contribution in [0.2, 0.25) is 0 Å². The van der Waals surface area contributed by atoms with Crippen LogP contribution in [0.15, 0.2) is 0 Å². The van der Waals surface area contributed by atoms with Gasteiger partial charge in [-0.05, 0) is 18.9 Å². The van der Waals surface area contributed by atoms with Gasteiger partial charge in [0.1, 0.15) is 0 Å². The fourth-order valence-corrected chi connectivity index (χ4v) is 1.65. The minimum absolute atomic E-state index is 0.239. The Bertz CT molecular complexity index is 208. The van der Waals surface area contributed by atoms with E-state index in [1.54, 1.807) is 0 Å². The van der Waals surface area contributed by atoms with Crippen molar-refractivity contribution in [3.63, 3.8) is 0 Å². The largest absolute Gasteiger partial charge is 0.396 e. The number of carbonyl (C=O) groups excluding carboxylic acids is 1. The number of Topliss-reactive ketones (excluding diaryl/α,β-unsaturated/α-hetero) is 1. The molecule has 1 heterocycles. The Morgan fingerprint density at radius 3 is 2.57 bits per heavy atom. The maximum Gasteiger partial charge on any atom is 0.152 e. The lowest BCUT2D eigenvalue weighted by Crippen LogP contribution is -2.34. The van der Waals surface area contributed by atoms with Crippen LogP contribution in [0.4, 0.5) is 0 Å². The van der Waals surface area contributed by atoms with Crippen molar-refractivity contribution in [2.75, 3.05) is 26.2 Å². The zero-order valence-corrected chi connectivity index (χ0v) is 9.42. The summed E-state index contributed by atoms with van der Waals surface area (Å²) in [6.45, 7) is 8.48. The summed E-state index contributed by atoms with van der Waals surface area (Å²) in [4.78, 5) is 13.9. The molecule has 0 aliphatic carbocycles. The summed E-state index contributed by atoms with van der Waals surface area (Å²) in [6, 6.07) is 0. The second kappa shape index (κ2) is 4.41. The third-order valence-corrected chi connectivity index (χ3v) is 2.83. The van der Waals surface area contributed by atoms with Crippen LogP contribution in [0.1, 0.15) is 27.2 Å². The molecule has 0 unspecified atom stereocenters. The van der Waals surface area contributed by atoms with E-state index < -0.39 is 0 Å². The fraction of sp³-hybridized carbons (Fsp3) is 0.909. The van der Waals surface area contributed by atoms with Crippen LogP contribution >= 0.6 is 0 Å². The van der Waals surface area contributed by atoms with Crippen molar-refractivity contribution in [2.24, 2.45) is 11.3 Å². The SMILES string of the molecule is CC(C)(C)C(=O)CN1CC[C@H](CO)C1. The number of hydrogen-bond donors (Lipinski definition) is 1. The number of likely N-dealkylation sites (tertiary alicyclic amines) is 1. The van der Waals surface area contributed by atoms with Gasteiger partial charge in [0.25, 0.3) is 0 Å². The molecule has 0 amide bonds. The standard InChI is InChI=1S/C11H21NO2/c1-11(2,3)10(14)7-12-5-4-9(6-12)8-13/h9,13H,4-8H2,1-3H3/t9-/m0/s1. The van der Waals surface area contributed by atoms with E-state index in [0.717, 1.165) is 19.5 Å². The van der Waals surface area contributed by atoms with Gasteiger partial charge in [0.2, 0.25) is 0 Å². The topological polar surface area (TPSA) is 40.5 Å². The van der Waals surface area contributed by atoms with Gasteiger partial charge in [-0.2, -0.15) is 0 Å². The van der Waals surface area contributed by atoms with E-state index in [1.165, 1.54) is 0 Å². The number of ketones is 1. The molecule has 0 bridgehead atoms. The molecule has 0 aromatic heterocycles. The summed E-state index contributed by atoms with van der Waals surface area (Å²) >= 11 is 0. The summed E-state index contributed by atoms with van der Waals surface area (Å²) in [5, 5.41) is 8.97. The molecule has 1 saturated heterocycles. The summed E-state index contributed by atoms with van der Waals surface area (Å²) in [6.07, 6.45) is 1.02. The zero-order chi connectivity index (χ0) is 10.8. The lowest BCUT2D eigenvalue weighted by molar-refractivity contribution is -0.127. The van der Waals surface area contributed by atoms with Gasteiger partial charge >= 0.3 is 0 Å². The van der Waals surface area contributed by atoms with Gasteiger partial charge in [-0.25, -0.2) is 0 Å². The summed E-state index contributed by atoms with van der Waals surface area (Å²) in [5.41, 5.74) is -0.239. The van der Waals surface area contributed by atoms with E-state index in [0.29, 0.717) is 12.5 Å². The van der Waals surface area contributed by atoms with Crippen LogP contribution in [-0.4, -0.2) is 42.0 Å². The highest BCUT2D eigenvalue weighted by atomic mass is 16.3. The summed E-state index contributed by atoms with van der Waals surface area (Å²) < 4.78 is 0. The normalized spacial score (nSPS) is 24.1. The van der Waals surface area contributed by atoms with Crippen LogP contribution in [-0.2, 0) is 4.79 Å². The molecule has 3 heteroatoms. The van der Waals surface area contributed by atoms with Crippen LogP contribution in [0.3, 0.4) is 0 Å². The van der Waals surface area contributed by atoms with Gasteiger partial charge in [-0.1, -0.05) is 20.8 Å². The van der Waals surface area contributed by atoms with E-state index in [2.05, 4.69) is 4.90 Å². The van der Waals surface area contributed by atoms with Crippen LogP contribution in [0, 0.1) is 11.3 Å². The quantitative estimate of drug-likeness (QED) is 0.734. The molecule has 0 spiro atoms. The molecule has 0 radical (unpaired) electrons. The maximum atomic E-state index is 11.7. The van der Waals surface area contributed by atoms with Crippen molar-refractivity contribution in [1.82, 2.24) is 4.90 Å². The van der Waals surface area contributed by atoms with Gasteiger partial charge in [0.05, 0.1) is 6.54 Å². The fourth-order valence-electron chi connectivity index (χ4n) is 1.65. The Kier molecular flexibility index (Phi) is 3.67. The van der Waals surface area contributed by atoms with Gasteiger partial charge in [0, 0.05) is 18.6 Å². The maximum absolute atomic E-state index is 11.7. The van der Waals surface area contributed by atoms with Gasteiger partial charge in [-0.15, -0.1) is 0 Å². The van der Waals surface area contributed by atoms with Crippen molar-refractivity contribution in [1.29, 1.82) is 0 Å². The number of rotatable bonds is 3. The number of aliphatic hydroxyl groups is 1. The van der Waals surface area contributed by atoms with Crippen LogP contribution < -0.4 is 0 Å². The Morgan fingerprint density at radius 1 is 1.50 bits per heavy atom. The van der Waals surface area contributed by atoms with E-state index >= 15 is 0 Å². The number of hydrogen-bond acceptors (Lipinski definition) is 3. The van der Waals surface area contributed by atoms with E-state index in [-0.39, 0.29) is 17.8 Å². The molecule has 82 valence electrons. The molecule has 1 aliphatic heterocycles. The predicted molar refractivity (Wildman–Crippen MR) is 56.1 cm³/mol. The van der Waals surface area contributed by atoms with Crippen LogP contribution in [0.25, 0.3) is 0 Å². The van der Waals surface area contributed by atoms with Gasteiger partial charge in [-0.3, -0.25) is 9.69 Å². The first-order chi connectivity index (χ1) is 6.43. The van der Waals surface area contributed by atoms with E-state index in [4.69, 9.17) is 5.11 Å².